The van der Waals surface area contributed by atoms with Gasteiger partial charge in [0.05, 0.1) is 19.3 Å². The number of aldehydes is 1. The third-order valence-corrected chi connectivity index (χ3v) is 9.92. The summed E-state index contributed by atoms with van der Waals surface area (Å²) in [5.41, 5.74) is 0.492. The molecule has 3 fully saturated rings. The number of ether oxygens (including phenoxy) is 2. The van der Waals surface area contributed by atoms with Gasteiger partial charge < -0.3 is 50.0 Å². The SMILES string of the molecule is C1CCCC1.CC(=O)CC1OCC(O)C(O)C1O.CCCCCC1CC(=O)C(C2OCC(O)C(O)C2O)=CC1CCCC.CCCCCC=O.CO. The van der Waals surface area contributed by atoms with E-state index in [1.54, 1.807) is 0 Å². The molecule has 12 heteroatoms. The highest BCUT2D eigenvalue weighted by atomic mass is 16.5. The van der Waals surface area contributed by atoms with Gasteiger partial charge in [0.2, 0.25) is 0 Å². The first-order valence-electron chi connectivity index (χ1n) is 19.9. The highest BCUT2D eigenvalue weighted by molar-refractivity contribution is 5.97. The van der Waals surface area contributed by atoms with Crippen LogP contribution in [0.25, 0.3) is 0 Å². The van der Waals surface area contributed by atoms with Crippen LogP contribution in [-0.4, -0.2) is 123 Å². The van der Waals surface area contributed by atoms with Gasteiger partial charge in [-0.3, -0.25) is 9.59 Å². The van der Waals surface area contributed by atoms with Gasteiger partial charge in [-0.05, 0) is 38.0 Å². The van der Waals surface area contributed by atoms with Gasteiger partial charge in [0.15, 0.2) is 5.78 Å². The summed E-state index contributed by atoms with van der Waals surface area (Å²) in [6.07, 6.45) is 14.4. The van der Waals surface area contributed by atoms with Crippen molar-refractivity contribution in [1.29, 1.82) is 0 Å². The van der Waals surface area contributed by atoms with E-state index < -0.39 is 48.8 Å². The fourth-order valence-corrected chi connectivity index (χ4v) is 6.72. The number of allylic oxidation sites excluding steroid dienone is 1. The van der Waals surface area contributed by atoms with Crippen molar-refractivity contribution in [3.8, 4) is 0 Å². The van der Waals surface area contributed by atoms with E-state index in [-0.39, 0.29) is 31.2 Å². The summed E-state index contributed by atoms with van der Waals surface area (Å²) < 4.78 is 10.5. The fourth-order valence-electron chi connectivity index (χ4n) is 6.72. The van der Waals surface area contributed by atoms with Crippen molar-refractivity contribution in [3.05, 3.63) is 11.6 Å². The van der Waals surface area contributed by atoms with Crippen molar-refractivity contribution in [2.24, 2.45) is 11.8 Å². The third-order valence-electron chi connectivity index (χ3n) is 9.92. The number of hydrogen-bond donors (Lipinski definition) is 7. The zero-order valence-electron chi connectivity index (χ0n) is 32.7. The van der Waals surface area contributed by atoms with Crippen LogP contribution in [0.2, 0.25) is 0 Å². The summed E-state index contributed by atoms with van der Waals surface area (Å²) in [5, 5.41) is 64.5. The lowest BCUT2D eigenvalue weighted by molar-refractivity contribution is -0.188. The van der Waals surface area contributed by atoms with Gasteiger partial charge in [0, 0.05) is 31.9 Å². The molecule has 0 aromatic heterocycles. The van der Waals surface area contributed by atoms with Crippen molar-refractivity contribution < 1.29 is 59.6 Å². The fraction of sp³-hybridized carbons (Fsp3) is 0.875. The molecule has 0 spiro atoms. The average Bonchev–Trinajstić information content (AvgIpc) is 3.73. The molecule has 1 saturated carbocycles. The molecule has 7 N–H and O–H groups in total. The largest absolute Gasteiger partial charge is 0.400 e. The van der Waals surface area contributed by atoms with E-state index in [0.717, 1.165) is 58.3 Å². The predicted octanol–water partition coefficient (Wildman–Crippen LogP) is 4.14. The highest BCUT2D eigenvalue weighted by Gasteiger charge is 2.43. The lowest BCUT2D eigenvalue weighted by Crippen LogP contribution is -2.54. The van der Waals surface area contributed by atoms with Crippen molar-refractivity contribution in [1.82, 2.24) is 0 Å². The molecule has 10 atom stereocenters. The number of unbranched alkanes of at least 4 members (excludes halogenated alkanes) is 6. The Morgan fingerprint density at radius 1 is 0.731 bits per heavy atom. The highest BCUT2D eigenvalue weighted by Crippen LogP contribution is 2.37. The Balaban J connectivity index is 0.000000794. The zero-order valence-corrected chi connectivity index (χ0v) is 32.7. The number of Topliss-reactive ketones (excluding diaryl/α,β-unsaturated/α-hetero) is 2. The van der Waals surface area contributed by atoms with Gasteiger partial charge in [-0.25, -0.2) is 0 Å². The predicted molar refractivity (Wildman–Crippen MR) is 201 cm³/mol. The van der Waals surface area contributed by atoms with E-state index in [9.17, 15) is 39.9 Å². The molecule has 2 saturated heterocycles. The molecule has 2 heterocycles. The normalized spacial score (nSPS) is 31.2. The van der Waals surface area contributed by atoms with Gasteiger partial charge >= 0.3 is 0 Å². The van der Waals surface area contributed by atoms with Crippen molar-refractivity contribution in [3.63, 3.8) is 0 Å². The molecule has 12 nitrogen and oxygen atoms in total. The van der Waals surface area contributed by atoms with E-state index >= 15 is 0 Å². The molecule has 52 heavy (non-hydrogen) atoms. The maximum Gasteiger partial charge on any atom is 0.161 e. The summed E-state index contributed by atoms with van der Waals surface area (Å²) in [6.45, 7) is 7.75. The van der Waals surface area contributed by atoms with Crippen LogP contribution in [0.1, 0.15) is 143 Å². The first-order chi connectivity index (χ1) is 24.9. The Hall–Kier alpha value is -1.61. The number of aliphatic hydroxyl groups is 7. The van der Waals surface area contributed by atoms with Crippen molar-refractivity contribution in [2.45, 2.75) is 192 Å². The van der Waals surface area contributed by atoms with E-state index in [2.05, 4.69) is 20.8 Å². The standard InChI is InChI=1S/C20H34O5.C8H14O5.C6H12O.C5H10.CH4O/c1-3-5-7-9-14-11-16(21)15(10-13(14)8-6-4-2)20-19(24)18(23)17(22)12-25-20;1-4(9)2-6-8(12)7(11)5(10)3-13-6;1-2-3-4-5-6-7;1-2-4-5-3-1;1-2/h10,13-14,17-20,22-24H,3-9,11-12H2,1-2H3;5-8,10-12H,2-3H2,1H3;6H,2-5H2,1H3;1-5H2;2H,1H3. The molecule has 2 aliphatic carbocycles. The maximum atomic E-state index is 12.7. The van der Waals surface area contributed by atoms with Crippen molar-refractivity contribution in [2.75, 3.05) is 20.3 Å². The number of rotatable bonds is 14. The van der Waals surface area contributed by atoms with Crippen LogP contribution in [0.3, 0.4) is 0 Å². The van der Waals surface area contributed by atoms with E-state index in [1.165, 1.54) is 64.7 Å². The van der Waals surface area contributed by atoms with Crippen LogP contribution in [0.5, 0.6) is 0 Å². The molecule has 306 valence electrons. The minimum atomic E-state index is -1.27. The molecule has 4 aliphatic rings. The van der Waals surface area contributed by atoms with Gasteiger partial charge in [0.1, 0.15) is 54.8 Å². The number of carbonyl (C=O) groups excluding carboxylic acids is 3. The molecule has 10 unspecified atom stereocenters. The van der Waals surface area contributed by atoms with Crippen LogP contribution in [0.15, 0.2) is 11.6 Å². The molecular weight excluding hydrogens is 672 g/mol. The maximum absolute atomic E-state index is 12.7. The van der Waals surface area contributed by atoms with Crippen molar-refractivity contribution >= 4 is 17.9 Å². The van der Waals surface area contributed by atoms with E-state index in [4.69, 9.17) is 19.7 Å². The average molecular weight is 747 g/mol. The Labute approximate surface area is 313 Å². The van der Waals surface area contributed by atoms with Crippen LogP contribution in [0.4, 0.5) is 0 Å². The monoisotopic (exact) mass is 747 g/mol. The van der Waals surface area contributed by atoms with Gasteiger partial charge in [-0.1, -0.05) is 104 Å². The van der Waals surface area contributed by atoms with Crippen LogP contribution < -0.4 is 0 Å². The van der Waals surface area contributed by atoms with E-state index in [1.807, 2.05) is 6.08 Å². The summed E-state index contributed by atoms with van der Waals surface area (Å²) in [7, 11) is 1.00. The molecule has 2 aliphatic heterocycles. The summed E-state index contributed by atoms with van der Waals surface area (Å²) in [6, 6.07) is 0. The van der Waals surface area contributed by atoms with Gasteiger partial charge in [-0.15, -0.1) is 0 Å². The number of ketones is 2. The number of aliphatic hydroxyl groups excluding tert-OH is 7. The Morgan fingerprint density at radius 2 is 1.25 bits per heavy atom. The van der Waals surface area contributed by atoms with Crippen LogP contribution in [-0.2, 0) is 23.9 Å². The Bertz CT molecular complexity index is 947. The lowest BCUT2D eigenvalue weighted by Gasteiger charge is -2.39. The number of carbonyl (C=O) groups is 3. The molecular formula is C40H74O12. The van der Waals surface area contributed by atoms with Gasteiger partial charge in [-0.2, -0.15) is 0 Å². The zero-order chi connectivity index (χ0) is 39.5. The summed E-state index contributed by atoms with van der Waals surface area (Å²) in [5.74, 6) is 0.587. The topological polar surface area (TPSA) is 211 Å². The Morgan fingerprint density at radius 3 is 1.77 bits per heavy atom. The van der Waals surface area contributed by atoms with Crippen LogP contribution >= 0.6 is 0 Å². The quantitative estimate of drug-likeness (QED) is 0.0988. The first-order valence-corrected chi connectivity index (χ1v) is 19.9. The number of hydrogen-bond acceptors (Lipinski definition) is 12. The van der Waals surface area contributed by atoms with E-state index in [0.29, 0.717) is 23.8 Å². The Kier molecular flexibility index (Phi) is 29.7. The molecule has 0 bridgehead atoms. The second kappa shape index (κ2) is 30.7. The molecule has 0 aromatic rings. The van der Waals surface area contributed by atoms with Gasteiger partial charge in [0.25, 0.3) is 0 Å². The lowest BCUT2D eigenvalue weighted by atomic mass is 9.73. The second-order valence-electron chi connectivity index (χ2n) is 14.4. The van der Waals surface area contributed by atoms with Crippen LogP contribution in [0, 0.1) is 11.8 Å². The summed E-state index contributed by atoms with van der Waals surface area (Å²) >= 11 is 0. The minimum Gasteiger partial charge on any atom is -0.400 e. The molecule has 0 amide bonds. The second-order valence-corrected chi connectivity index (χ2v) is 14.4. The first kappa shape index (κ1) is 50.4. The summed E-state index contributed by atoms with van der Waals surface area (Å²) in [4.78, 5) is 33.1. The minimum absolute atomic E-state index is 0.0156. The smallest absolute Gasteiger partial charge is 0.161 e. The molecule has 0 aromatic carbocycles. The molecule has 4 rings (SSSR count). The third kappa shape index (κ3) is 19.6. The molecule has 0 radical (unpaired) electrons.